The van der Waals surface area contributed by atoms with Gasteiger partial charge >= 0.3 is 0 Å². The van der Waals surface area contributed by atoms with Crippen molar-refractivity contribution in [3.05, 3.63) is 74.8 Å². The van der Waals surface area contributed by atoms with Gasteiger partial charge in [-0.15, -0.1) is 0 Å². The number of nitro groups is 1. The summed E-state index contributed by atoms with van der Waals surface area (Å²) >= 11 is 0. The third-order valence-electron chi connectivity index (χ3n) is 4.26. The van der Waals surface area contributed by atoms with E-state index >= 15 is 0 Å². The van der Waals surface area contributed by atoms with Crippen molar-refractivity contribution in [2.24, 2.45) is 0 Å². The molecule has 0 unspecified atom stereocenters. The molecule has 1 aliphatic carbocycles. The lowest BCUT2D eigenvalue weighted by Gasteiger charge is -2.23. The number of halogens is 2. The zero-order valence-electron chi connectivity index (χ0n) is 13.5. The van der Waals surface area contributed by atoms with Gasteiger partial charge in [0.05, 0.1) is 4.92 Å². The van der Waals surface area contributed by atoms with E-state index < -0.39 is 22.5 Å². The molecule has 1 amide bonds. The minimum atomic E-state index is -0.715. The average molecular weight is 346 g/mol. The van der Waals surface area contributed by atoms with Crippen molar-refractivity contribution in [3.8, 4) is 0 Å². The number of nitrogens with zero attached hydrogens (tertiary/aromatic N) is 2. The predicted octanol–water partition coefficient (Wildman–Crippen LogP) is 3.99. The van der Waals surface area contributed by atoms with E-state index in [1.165, 1.54) is 29.2 Å². The number of amides is 1. The molecule has 1 aliphatic rings. The Morgan fingerprint density at radius 2 is 1.96 bits per heavy atom. The Hall–Kier alpha value is -2.83. The predicted molar refractivity (Wildman–Crippen MR) is 87.1 cm³/mol. The molecule has 1 fully saturated rings. The number of carbonyl (C=O) groups is 1. The highest BCUT2D eigenvalue weighted by Gasteiger charge is 2.34. The van der Waals surface area contributed by atoms with Gasteiger partial charge in [-0.1, -0.05) is 12.1 Å². The SMILES string of the molecule is Cc1ccc(C(=O)N(Cc2ccc(F)cc2F)C2CC2)cc1[N+](=O)[O-]. The van der Waals surface area contributed by atoms with Gasteiger partial charge in [-0.2, -0.15) is 0 Å². The van der Waals surface area contributed by atoms with E-state index in [0.29, 0.717) is 5.56 Å². The Balaban J connectivity index is 1.89. The lowest BCUT2D eigenvalue weighted by molar-refractivity contribution is -0.385. The molecule has 0 aromatic heterocycles. The fraction of sp³-hybridized carbons (Fsp3) is 0.278. The summed E-state index contributed by atoms with van der Waals surface area (Å²) in [6.07, 6.45) is 1.59. The second-order valence-electron chi connectivity index (χ2n) is 6.16. The van der Waals surface area contributed by atoms with Crippen molar-refractivity contribution in [2.75, 3.05) is 0 Å². The molecule has 5 nitrogen and oxygen atoms in total. The van der Waals surface area contributed by atoms with Crippen LogP contribution in [0, 0.1) is 28.7 Å². The highest BCUT2D eigenvalue weighted by molar-refractivity contribution is 5.95. The molecule has 0 radical (unpaired) electrons. The van der Waals surface area contributed by atoms with Gasteiger partial charge in [0.2, 0.25) is 0 Å². The lowest BCUT2D eigenvalue weighted by atomic mass is 10.1. The maximum absolute atomic E-state index is 13.9. The smallest absolute Gasteiger partial charge is 0.273 e. The molecule has 3 rings (SSSR count). The topological polar surface area (TPSA) is 63.5 Å². The van der Waals surface area contributed by atoms with Crippen molar-refractivity contribution >= 4 is 11.6 Å². The Kier molecular flexibility index (Phi) is 4.48. The van der Waals surface area contributed by atoms with E-state index in [9.17, 15) is 23.7 Å². The van der Waals surface area contributed by atoms with Crippen LogP contribution >= 0.6 is 0 Å². The first-order chi connectivity index (χ1) is 11.9. The summed E-state index contributed by atoms with van der Waals surface area (Å²) < 4.78 is 27.0. The molecule has 0 atom stereocenters. The maximum Gasteiger partial charge on any atom is 0.273 e. The van der Waals surface area contributed by atoms with Crippen molar-refractivity contribution in [1.82, 2.24) is 4.90 Å². The monoisotopic (exact) mass is 346 g/mol. The number of aryl methyl sites for hydroxylation is 1. The minimum absolute atomic E-state index is 0.00269. The van der Waals surface area contributed by atoms with Gasteiger partial charge in [0, 0.05) is 41.4 Å². The van der Waals surface area contributed by atoms with E-state index in [2.05, 4.69) is 0 Å². The summed E-state index contributed by atoms with van der Waals surface area (Å²) in [5, 5.41) is 11.1. The first kappa shape index (κ1) is 17.0. The fourth-order valence-corrected chi connectivity index (χ4v) is 2.69. The van der Waals surface area contributed by atoms with Crippen molar-refractivity contribution in [1.29, 1.82) is 0 Å². The summed E-state index contributed by atoms with van der Waals surface area (Å²) in [4.78, 5) is 24.8. The van der Waals surface area contributed by atoms with Gasteiger partial charge in [-0.25, -0.2) is 8.78 Å². The van der Waals surface area contributed by atoms with Crippen molar-refractivity contribution in [3.63, 3.8) is 0 Å². The van der Waals surface area contributed by atoms with Gasteiger partial charge in [0.1, 0.15) is 11.6 Å². The van der Waals surface area contributed by atoms with Crippen LogP contribution in [-0.4, -0.2) is 21.8 Å². The molecule has 7 heteroatoms. The molecule has 0 bridgehead atoms. The first-order valence-corrected chi connectivity index (χ1v) is 7.86. The minimum Gasteiger partial charge on any atom is -0.331 e. The van der Waals surface area contributed by atoms with Crippen LogP contribution < -0.4 is 0 Å². The van der Waals surface area contributed by atoms with Crippen LogP contribution in [0.4, 0.5) is 14.5 Å². The second-order valence-corrected chi connectivity index (χ2v) is 6.16. The molecule has 0 heterocycles. The summed E-state index contributed by atoms with van der Waals surface area (Å²) in [6.45, 7) is 1.59. The van der Waals surface area contributed by atoms with Crippen LogP contribution in [0.15, 0.2) is 36.4 Å². The second kappa shape index (κ2) is 6.58. The molecular weight excluding hydrogens is 330 g/mol. The number of hydrogen-bond acceptors (Lipinski definition) is 3. The van der Waals surface area contributed by atoms with Gasteiger partial charge in [0.15, 0.2) is 0 Å². The molecule has 0 N–H and O–H groups in total. The highest BCUT2D eigenvalue weighted by Crippen LogP contribution is 2.31. The van der Waals surface area contributed by atoms with Gasteiger partial charge in [-0.05, 0) is 31.9 Å². The number of rotatable bonds is 5. The Morgan fingerprint density at radius 3 is 2.56 bits per heavy atom. The molecular formula is C18H16F2N2O3. The van der Waals surface area contributed by atoms with E-state index in [4.69, 9.17) is 0 Å². The summed E-state index contributed by atoms with van der Waals surface area (Å²) in [5.41, 5.74) is 0.730. The standard InChI is InChI=1S/C18H16F2N2O3/c1-11-2-3-12(8-17(11)22(24)25)18(23)21(15-6-7-15)10-13-4-5-14(19)9-16(13)20/h2-5,8-9,15H,6-7,10H2,1H3. The Labute approximate surface area is 143 Å². The molecule has 130 valence electrons. The number of carbonyl (C=O) groups excluding carboxylic acids is 1. The molecule has 0 saturated heterocycles. The molecule has 1 saturated carbocycles. The zero-order valence-corrected chi connectivity index (χ0v) is 13.5. The van der Waals surface area contributed by atoms with Crippen LogP contribution in [0.2, 0.25) is 0 Å². The van der Waals surface area contributed by atoms with Crippen LogP contribution in [0.25, 0.3) is 0 Å². The molecule has 0 aliphatic heterocycles. The quantitative estimate of drug-likeness (QED) is 0.607. The third-order valence-corrected chi connectivity index (χ3v) is 4.26. The normalized spacial score (nSPS) is 13.6. The first-order valence-electron chi connectivity index (χ1n) is 7.86. The average Bonchev–Trinajstić information content (AvgIpc) is 3.38. The number of benzene rings is 2. The summed E-state index contributed by atoms with van der Waals surface area (Å²) in [6, 6.07) is 7.50. The van der Waals surface area contributed by atoms with Crippen LogP contribution in [0.3, 0.4) is 0 Å². The highest BCUT2D eigenvalue weighted by atomic mass is 19.1. The molecule has 25 heavy (non-hydrogen) atoms. The summed E-state index contributed by atoms with van der Waals surface area (Å²) in [7, 11) is 0. The lowest BCUT2D eigenvalue weighted by Crippen LogP contribution is -2.33. The Morgan fingerprint density at radius 1 is 1.24 bits per heavy atom. The van der Waals surface area contributed by atoms with Gasteiger partial charge < -0.3 is 4.90 Å². The van der Waals surface area contributed by atoms with Gasteiger partial charge in [0.25, 0.3) is 11.6 Å². The van der Waals surface area contributed by atoms with Crippen molar-refractivity contribution < 1.29 is 18.5 Å². The number of hydrogen-bond donors (Lipinski definition) is 0. The van der Waals surface area contributed by atoms with E-state index in [1.807, 2.05) is 0 Å². The number of nitro benzene ring substituents is 1. The summed E-state index contributed by atoms with van der Waals surface area (Å²) in [5.74, 6) is -1.79. The van der Waals surface area contributed by atoms with Gasteiger partial charge in [-0.3, -0.25) is 14.9 Å². The third kappa shape index (κ3) is 3.65. The van der Waals surface area contributed by atoms with Crippen LogP contribution in [0.5, 0.6) is 0 Å². The largest absolute Gasteiger partial charge is 0.331 e. The van der Waals surface area contributed by atoms with E-state index in [0.717, 1.165) is 25.0 Å². The molecule has 2 aromatic rings. The fourth-order valence-electron chi connectivity index (χ4n) is 2.69. The van der Waals surface area contributed by atoms with Crippen LogP contribution in [-0.2, 0) is 6.54 Å². The maximum atomic E-state index is 13.9. The van der Waals surface area contributed by atoms with E-state index in [-0.39, 0.29) is 29.4 Å². The van der Waals surface area contributed by atoms with Crippen molar-refractivity contribution in [2.45, 2.75) is 32.4 Å². The molecule has 2 aromatic carbocycles. The zero-order chi connectivity index (χ0) is 18.1. The Bertz CT molecular complexity index is 850. The van der Waals surface area contributed by atoms with E-state index in [1.54, 1.807) is 6.92 Å². The molecule has 0 spiro atoms. The van der Waals surface area contributed by atoms with Crippen LogP contribution in [0.1, 0.15) is 34.3 Å².